The predicted octanol–water partition coefficient (Wildman–Crippen LogP) is 6.47. The Labute approximate surface area is 172 Å². The number of rotatable bonds is 5. The molecular formula is C21H16ClN3S2. The highest BCUT2D eigenvalue weighted by Crippen LogP contribution is 2.26. The number of thioether (sulfide) groups is 1. The van der Waals surface area contributed by atoms with E-state index in [1.54, 1.807) is 11.8 Å². The third-order valence-corrected chi connectivity index (χ3v) is 5.68. The molecule has 3 aromatic carbocycles. The Balaban J connectivity index is 1.74. The van der Waals surface area contributed by atoms with E-state index in [1.807, 2.05) is 94.2 Å². The highest BCUT2D eigenvalue weighted by Gasteiger charge is 2.14. The number of para-hydroxylation sites is 1. The fraction of sp³-hybridized carbons (Fsp3) is 0.0476. The average molecular weight is 410 g/mol. The van der Waals surface area contributed by atoms with Gasteiger partial charge >= 0.3 is 0 Å². The summed E-state index contributed by atoms with van der Waals surface area (Å²) in [5.41, 5.74) is 2.03. The number of hydrogen-bond donors (Lipinski definition) is 0. The maximum absolute atomic E-state index is 5.97. The molecule has 134 valence electrons. The minimum absolute atomic E-state index is 0.625. The standard InChI is InChI=1S/C21H16ClN3S2/c22-17-11-13-19(14-12-17)27-15-24-21(26)25(18-9-5-2-6-10-18)20(23-24)16-7-3-1-4-8-16/h1-14H,15H2. The molecule has 0 aliphatic rings. The van der Waals surface area contributed by atoms with Gasteiger partial charge < -0.3 is 0 Å². The van der Waals surface area contributed by atoms with Gasteiger partial charge in [-0.1, -0.05) is 60.1 Å². The minimum atomic E-state index is 0.625. The van der Waals surface area contributed by atoms with Gasteiger partial charge in [-0.2, -0.15) is 5.10 Å². The van der Waals surface area contributed by atoms with Crippen molar-refractivity contribution in [1.29, 1.82) is 0 Å². The first-order valence-electron chi connectivity index (χ1n) is 8.41. The van der Waals surface area contributed by atoms with E-state index < -0.39 is 0 Å². The second-order valence-corrected chi connectivity index (χ2v) is 7.69. The topological polar surface area (TPSA) is 22.8 Å². The molecule has 0 aliphatic carbocycles. The normalized spacial score (nSPS) is 10.9. The van der Waals surface area contributed by atoms with Crippen LogP contribution in [0.2, 0.25) is 5.02 Å². The van der Waals surface area contributed by atoms with Crippen LogP contribution in [0.25, 0.3) is 17.1 Å². The molecule has 0 radical (unpaired) electrons. The Hall–Kier alpha value is -2.34. The second kappa shape index (κ2) is 8.13. The summed E-state index contributed by atoms with van der Waals surface area (Å²) in [6, 6.07) is 28.0. The van der Waals surface area contributed by atoms with Crippen LogP contribution in [0.5, 0.6) is 0 Å². The minimum Gasteiger partial charge on any atom is -0.268 e. The van der Waals surface area contributed by atoms with E-state index in [0.717, 1.165) is 27.0 Å². The molecule has 3 nitrogen and oxygen atoms in total. The number of benzene rings is 3. The number of halogens is 1. The summed E-state index contributed by atoms with van der Waals surface area (Å²) in [6.45, 7) is 0. The molecule has 0 saturated heterocycles. The molecule has 0 unspecified atom stereocenters. The first-order chi connectivity index (χ1) is 13.2. The lowest BCUT2D eigenvalue weighted by atomic mass is 10.2. The van der Waals surface area contributed by atoms with Crippen molar-refractivity contribution >= 4 is 35.6 Å². The molecular weight excluding hydrogens is 394 g/mol. The lowest BCUT2D eigenvalue weighted by Crippen LogP contribution is -1.99. The molecule has 0 saturated carbocycles. The Morgan fingerprint density at radius 1 is 0.852 bits per heavy atom. The maximum atomic E-state index is 5.97. The molecule has 0 fully saturated rings. The van der Waals surface area contributed by atoms with Crippen molar-refractivity contribution in [2.45, 2.75) is 10.8 Å². The zero-order valence-corrected chi connectivity index (χ0v) is 16.7. The average Bonchev–Trinajstić information content (AvgIpc) is 3.05. The largest absolute Gasteiger partial charge is 0.268 e. The van der Waals surface area contributed by atoms with Crippen LogP contribution in [0.1, 0.15) is 0 Å². The fourth-order valence-corrected chi connectivity index (χ4v) is 4.03. The van der Waals surface area contributed by atoms with Gasteiger partial charge in [0.1, 0.15) is 0 Å². The lowest BCUT2D eigenvalue weighted by Gasteiger charge is -2.06. The van der Waals surface area contributed by atoms with Crippen LogP contribution in [0.3, 0.4) is 0 Å². The van der Waals surface area contributed by atoms with Crippen molar-refractivity contribution < 1.29 is 0 Å². The predicted molar refractivity (Wildman–Crippen MR) is 115 cm³/mol. The highest BCUT2D eigenvalue weighted by molar-refractivity contribution is 7.98. The third kappa shape index (κ3) is 4.00. The molecule has 27 heavy (non-hydrogen) atoms. The van der Waals surface area contributed by atoms with Gasteiger partial charge in [-0.05, 0) is 48.6 Å². The van der Waals surface area contributed by atoms with E-state index in [1.165, 1.54) is 0 Å². The summed E-state index contributed by atoms with van der Waals surface area (Å²) in [5, 5.41) is 5.55. The van der Waals surface area contributed by atoms with E-state index in [4.69, 9.17) is 28.9 Å². The van der Waals surface area contributed by atoms with Crippen LogP contribution in [0.15, 0.2) is 89.8 Å². The SMILES string of the molecule is S=c1n(CSc2ccc(Cl)cc2)nc(-c2ccccc2)n1-c1ccccc1. The molecule has 0 spiro atoms. The van der Waals surface area contributed by atoms with Gasteiger partial charge in [-0.25, -0.2) is 4.68 Å². The first kappa shape index (κ1) is 18.0. The molecule has 4 aromatic rings. The van der Waals surface area contributed by atoms with E-state index >= 15 is 0 Å². The summed E-state index contributed by atoms with van der Waals surface area (Å²) in [7, 11) is 0. The number of nitrogens with zero attached hydrogens (tertiary/aromatic N) is 3. The van der Waals surface area contributed by atoms with Gasteiger partial charge in [0, 0.05) is 21.2 Å². The summed E-state index contributed by atoms with van der Waals surface area (Å²) >= 11 is 13.4. The molecule has 0 amide bonds. The van der Waals surface area contributed by atoms with E-state index in [-0.39, 0.29) is 0 Å². The first-order valence-corrected chi connectivity index (χ1v) is 10.2. The zero-order chi connectivity index (χ0) is 18.6. The van der Waals surface area contributed by atoms with Gasteiger partial charge in [0.15, 0.2) is 5.82 Å². The molecule has 0 N–H and O–H groups in total. The molecule has 4 rings (SSSR count). The lowest BCUT2D eigenvalue weighted by molar-refractivity contribution is 0.734. The fourth-order valence-electron chi connectivity index (χ4n) is 2.74. The maximum Gasteiger partial charge on any atom is 0.203 e. The van der Waals surface area contributed by atoms with Gasteiger partial charge in [-0.3, -0.25) is 4.57 Å². The molecule has 0 aliphatic heterocycles. The molecule has 0 atom stereocenters. The Morgan fingerprint density at radius 2 is 1.48 bits per heavy atom. The van der Waals surface area contributed by atoms with E-state index in [9.17, 15) is 0 Å². The Bertz CT molecular complexity index is 1090. The van der Waals surface area contributed by atoms with Crippen LogP contribution in [0, 0.1) is 4.77 Å². The van der Waals surface area contributed by atoms with Gasteiger partial charge in [0.05, 0.1) is 5.88 Å². The van der Waals surface area contributed by atoms with Crippen molar-refractivity contribution in [3.05, 3.63) is 94.7 Å². The quantitative estimate of drug-likeness (QED) is 0.278. The second-order valence-electron chi connectivity index (χ2n) is 5.87. The monoisotopic (exact) mass is 409 g/mol. The molecule has 0 bridgehead atoms. The van der Waals surface area contributed by atoms with Gasteiger partial charge in [0.25, 0.3) is 0 Å². The van der Waals surface area contributed by atoms with Crippen molar-refractivity contribution in [2.75, 3.05) is 0 Å². The Kier molecular flexibility index (Phi) is 5.43. The molecule has 1 aromatic heterocycles. The third-order valence-electron chi connectivity index (χ3n) is 4.05. The van der Waals surface area contributed by atoms with Gasteiger partial charge in [-0.15, -0.1) is 11.8 Å². The molecule has 6 heteroatoms. The van der Waals surface area contributed by atoms with Crippen LogP contribution in [-0.2, 0) is 5.88 Å². The van der Waals surface area contributed by atoms with Crippen molar-refractivity contribution in [1.82, 2.24) is 14.3 Å². The zero-order valence-electron chi connectivity index (χ0n) is 14.3. The van der Waals surface area contributed by atoms with Crippen LogP contribution >= 0.6 is 35.6 Å². The molecule has 1 heterocycles. The van der Waals surface area contributed by atoms with Crippen molar-refractivity contribution in [2.24, 2.45) is 0 Å². The Morgan fingerprint density at radius 3 is 2.15 bits per heavy atom. The van der Waals surface area contributed by atoms with E-state index in [0.29, 0.717) is 10.6 Å². The number of hydrogen-bond acceptors (Lipinski definition) is 3. The van der Waals surface area contributed by atoms with Crippen LogP contribution in [0.4, 0.5) is 0 Å². The van der Waals surface area contributed by atoms with Gasteiger partial charge in [0.2, 0.25) is 4.77 Å². The van der Waals surface area contributed by atoms with Crippen molar-refractivity contribution in [3.8, 4) is 17.1 Å². The smallest absolute Gasteiger partial charge is 0.203 e. The van der Waals surface area contributed by atoms with E-state index in [2.05, 4.69) is 0 Å². The summed E-state index contributed by atoms with van der Waals surface area (Å²) in [4.78, 5) is 1.12. The summed E-state index contributed by atoms with van der Waals surface area (Å²) < 4.78 is 4.55. The summed E-state index contributed by atoms with van der Waals surface area (Å²) in [6.07, 6.45) is 0. The van der Waals surface area contributed by atoms with Crippen molar-refractivity contribution in [3.63, 3.8) is 0 Å². The highest BCUT2D eigenvalue weighted by atomic mass is 35.5. The van der Waals surface area contributed by atoms with Crippen LogP contribution in [-0.4, -0.2) is 14.3 Å². The van der Waals surface area contributed by atoms with Crippen LogP contribution < -0.4 is 0 Å². The number of aromatic nitrogens is 3. The summed E-state index contributed by atoms with van der Waals surface area (Å²) in [5.74, 6) is 1.46.